The Morgan fingerprint density at radius 2 is 2.04 bits per heavy atom. The minimum absolute atomic E-state index is 0.0109. The van der Waals surface area contributed by atoms with Crippen molar-refractivity contribution in [1.29, 1.82) is 0 Å². The number of hydrogen-bond acceptors (Lipinski definition) is 5. The average Bonchev–Trinajstić information content (AvgIpc) is 3.00. The lowest BCUT2D eigenvalue weighted by molar-refractivity contribution is -0.140. The van der Waals surface area contributed by atoms with E-state index in [9.17, 15) is 18.0 Å². The molecule has 0 aliphatic rings. The van der Waals surface area contributed by atoms with Gasteiger partial charge in [0.05, 0.1) is 19.3 Å². The van der Waals surface area contributed by atoms with Crippen LogP contribution < -0.4 is 4.74 Å². The first-order valence-electron chi connectivity index (χ1n) is 7.22. The number of carbonyl (C=O) groups excluding carboxylic acids is 1. The third-order valence-electron chi connectivity index (χ3n) is 3.15. The van der Waals surface area contributed by atoms with Gasteiger partial charge in [-0.15, -0.1) is 0 Å². The molecule has 0 N–H and O–H groups in total. The fourth-order valence-corrected chi connectivity index (χ4v) is 2.03. The third-order valence-corrected chi connectivity index (χ3v) is 3.15. The monoisotopic (exact) mass is 343 g/mol. The van der Waals surface area contributed by atoms with Gasteiger partial charge in [-0.05, 0) is 24.6 Å². The number of nitrogens with zero attached hydrogens (tertiary/aromatic N) is 1. The Balaban J connectivity index is 2.37. The minimum Gasteiger partial charge on any atom is -0.494 e. The summed E-state index contributed by atoms with van der Waals surface area (Å²) in [5, 5.41) is 3.62. The van der Waals surface area contributed by atoms with Gasteiger partial charge in [0, 0.05) is 11.6 Å². The van der Waals surface area contributed by atoms with E-state index in [1.54, 1.807) is 0 Å². The standard InChI is InChI=1S/C16H16F3NO4/c1-3-6-23-10-4-5-12(13(7-10)16(17,18)19)14-8-11(24-20-14)9-15(21)22-2/h4-5,7-8H,3,6,9H2,1-2H3. The van der Waals surface area contributed by atoms with Crippen LogP contribution >= 0.6 is 0 Å². The van der Waals surface area contributed by atoms with Gasteiger partial charge in [0.2, 0.25) is 0 Å². The van der Waals surface area contributed by atoms with Crippen LogP contribution in [0.5, 0.6) is 5.75 Å². The zero-order valence-electron chi connectivity index (χ0n) is 13.1. The number of hydrogen-bond donors (Lipinski definition) is 0. The summed E-state index contributed by atoms with van der Waals surface area (Å²) in [4.78, 5) is 11.2. The molecule has 2 aromatic rings. The Labute approximate surface area is 136 Å². The van der Waals surface area contributed by atoms with Gasteiger partial charge >= 0.3 is 12.1 Å². The maximum absolute atomic E-state index is 13.3. The maximum atomic E-state index is 13.3. The Bertz CT molecular complexity index is 710. The van der Waals surface area contributed by atoms with Gasteiger partial charge < -0.3 is 14.0 Å². The number of methoxy groups -OCH3 is 1. The zero-order chi connectivity index (χ0) is 17.7. The summed E-state index contributed by atoms with van der Waals surface area (Å²) in [6, 6.07) is 4.93. The van der Waals surface area contributed by atoms with E-state index in [2.05, 4.69) is 9.89 Å². The summed E-state index contributed by atoms with van der Waals surface area (Å²) in [6.07, 6.45) is -4.10. The molecule has 8 heteroatoms. The maximum Gasteiger partial charge on any atom is 0.417 e. The molecule has 0 saturated heterocycles. The summed E-state index contributed by atoms with van der Waals surface area (Å²) in [6.45, 7) is 2.18. The van der Waals surface area contributed by atoms with Crippen molar-refractivity contribution in [1.82, 2.24) is 5.16 Å². The molecule has 0 fully saturated rings. The SMILES string of the molecule is CCCOc1ccc(-c2cc(CC(=O)OC)on2)c(C(F)(F)F)c1. The molecule has 1 aromatic heterocycles. The summed E-state index contributed by atoms with van der Waals surface area (Å²) in [5.41, 5.74) is -1.04. The van der Waals surface area contributed by atoms with Crippen molar-refractivity contribution in [2.75, 3.05) is 13.7 Å². The first-order valence-corrected chi connectivity index (χ1v) is 7.22. The normalized spacial score (nSPS) is 11.4. The number of ether oxygens (including phenoxy) is 2. The number of rotatable bonds is 6. The van der Waals surface area contributed by atoms with Crippen molar-refractivity contribution in [3.63, 3.8) is 0 Å². The average molecular weight is 343 g/mol. The van der Waals surface area contributed by atoms with E-state index >= 15 is 0 Å². The van der Waals surface area contributed by atoms with Crippen molar-refractivity contribution in [2.45, 2.75) is 25.9 Å². The first kappa shape index (κ1) is 17.8. The van der Waals surface area contributed by atoms with Gasteiger partial charge in [0.25, 0.3) is 0 Å². The van der Waals surface area contributed by atoms with Crippen molar-refractivity contribution in [3.05, 3.63) is 35.6 Å². The molecular weight excluding hydrogens is 327 g/mol. The topological polar surface area (TPSA) is 61.6 Å². The summed E-state index contributed by atoms with van der Waals surface area (Å²) < 4.78 is 54.6. The molecule has 0 amide bonds. The van der Waals surface area contributed by atoms with E-state index in [0.29, 0.717) is 13.0 Å². The molecule has 1 aromatic carbocycles. The van der Waals surface area contributed by atoms with E-state index in [1.165, 1.54) is 25.3 Å². The first-order chi connectivity index (χ1) is 11.3. The van der Waals surface area contributed by atoms with Gasteiger partial charge in [-0.1, -0.05) is 12.1 Å². The van der Waals surface area contributed by atoms with E-state index in [1.807, 2.05) is 6.92 Å². The molecule has 0 radical (unpaired) electrons. The molecule has 0 aliphatic carbocycles. The zero-order valence-corrected chi connectivity index (χ0v) is 13.1. The Kier molecular flexibility index (Phi) is 5.48. The van der Waals surface area contributed by atoms with E-state index in [0.717, 1.165) is 6.07 Å². The molecule has 0 atom stereocenters. The summed E-state index contributed by atoms with van der Waals surface area (Å²) in [7, 11) is 1.20. The molecule has 2 rings (SSSR count). The number of alkyl halides is 3. The molecule has 1 heterocycles. The molecule has 5 nitrogen and oxygen atoms in total. The Hall–Kier alpha value is -2.51. The van der Waals surface area contributed by atoms with E-state index in [-0.39, 0.29) is 29.2 Å². The number of aromatic nitrogens is 1. The van der Waals surface area contributed by atoms with Crippen molar-refractivity contribution >= 4 is 5.97 Å². The molecule has 0 bridgehead atoms. The second-order valence-electron chi connectivity index (χ2n) is 4.98. The van der Waals surface area contributed by atoms with Crippen LogP contribution in [0.3, 0.4) is 0 Å². The highest BCUT2D eigenvalue weighted by molar-refractivity contribution is 5.73. The van der Waals surface area contributed by atoms with E-state index < -0.39 is 17.7 Å². The van der Waals surface area contributed by atoms with Crippen molar-refractivity contribution < 1.29 is 32.0 Å². The van der Waals surface area contributed by atoms with Crippen molar-refractivity contribution in [2.24, 2.45) is 0 Å². The van der Waals surface area contributed by atoms with Crippen LogP contribution in [0.15, 0.2) is 28.8 Å². The number of esters is 1. The highest BCUT2D eigenvalue weighted by atomic mass is 19.4. The van der Waals surface area contributed by atoms with Crippen LogP contribution in [0, 0.1) is 0 Å². The highest BCUT2D eigenvalue weighted by Crippen LogP contribution is 2.39. The molecule has 24 heavy (non-hydrogen) atoms. The predicted octanol–water partition coefficient (Wildman–Crippen LogP) is 3.86. The summed E-state index contributed by atoms with van der Waals surface area (Å²) in [5.74, 6) is -0.320. The molecule has 0 unspecified atom stereocenters. The van der Waals surface area contributed by atoms with Crippen LogP contribution in [0.1, 0.15) is 24.7 Å². The minimum atomic E-state index is -4.58. The van der Waals surface area contributed by atoms with Crippen LogP contribution in [-0.4, -0.2) is 24.8 Å². The predicted molar refractivity (Wildman–Crippen MR) is 78.4 cm³/mol. The lowest BCUT2D eigenvalue weighted by atomic mass is 10.0. The number of carbonyl (C=O) groups is 1. The van der Waals surface area contributed by atoms with Crippen LogP contribution in [0.25, 0.3) is 11.3 Å². The smallest absolute Gasteiger partial charge is 0.417 e. The van der Waals surface area contributed by atoms with Gasteiger partial charge in [-0.2, -0.15) is 13.2 Å². The van der Waals surface area contributed by atoms with Gasteiger partial charge in [0.15, 0.2) is 0 Å². The third kappa shape index (κ3) is 4.27. The second kappa shape index (κ2) is 7.37. The molecular formula is C16H16F3NO4. The van der Waals surface area contributed by atoms with Crippen molar-refractivity contribution in [3.8, 4) is 17.0 Å². The lowest BCUT2D eigenvalue weighted by Gasteiger charge is -2.13. The quantitative estimate of drug-likeness (QED) is 0.745. The number of benzene rings is 1. The Morgan fingerprint density at radius 1 is 1.29 bits per heavy atom. The summed E-state index contributed by atoms with van der Waals surface area (Å²) >= 11 is 0. The highest BCUT2D eigenvalue weighted by Gasteiger charge is 2.35. The molecule has 0 spiro atoms. The van der Waals surface area contributed by atoms with Crippen LogP contribution in [-0.2, 0) is 22.1 Å². The molecule has 0 saturated carbocycles. The van der Waals surface area contributed by atoms with Crippen LogP contribution in [0.4, 0.5) is 13.2 Å². The second-order valence-corrected chi connectivity index (χ2v) is 4.98. The fraction of sp³-hybridized carbons (Fsp3) is 0.375. The molecule has 130 valence electrons. The molecule has 0 aliphatic heterocycles. The lowest BCUT2D eigenvalue weighted by Crippen LogP contribution is -2.08. The van der Waals surface area contributed by atoms with Gasteiger partial charge in [0.1, 0.15) is 23.6 Å². The van der Waals surface area contributed by atoms with Crippen LogP contribution in [0.2, 0.25) is 0 Å². The fourth-order valence-electron chi connectivity index (χ4n) is 2.03. The Morgan fingerprint density at radius 3 is 2.67 bits per heavy atom. The van der Waals surface area contributed by atoms with E-state index in [4.69, 9.17) is 9.26 Å². The van der Waals surface area contributed by atoms with Gasteiger partial charge in [-0.25, -0.2) is 0 Å². The largest absolute Gasteiger partial charge is 0.494 e. The number of halogens is 3. The van der Waals surface area contributed by atoms with Gasteiger partial charge in [-0.3, -0.25) is 4.79 Å².